The lowest BCUT2D eigenvalue weighted by molar-refractivity contribution is 0.410. The predicted octanol–water partition coefficient (Wildman–Crippen LogP) is 3.90. The molecule has 0 bridgehead atoms. The molecule has 0 atom stereocenters. The van der Waals surface area contributed by atoms with E-state index < -0.39 is 0 Å². The summed E-state index contributed by atoms with van der Waals surface area (Å²) < 4.78 is 105. The smallest absolute Gasteiger partial charge is 0.122 e. The van der Waals surface area contributed by atoms with Crippen molar-refractivity contribution in [2.75, 3.05) is 13.7 Å². The van der Waals surface area contributed by atoms with Crippen LogP contribution in [0.4, 0.5) is 0 Å². The van der Waals surface area contributed by atoms with Gasteiger partial charge in [-0.15, -0.1) is 0 Å². The molecule has 0 amide bonds. The van der Waals surface area contributed by atoms with Crippen molar-refractivity contribution in [1.29, 1.82) is 0 Å². The third-order valence-electron chi connectivity index (χ3n) is 1.61. The van der Waals surface area contributed by atoms with E-state index in [0.717, 1.165) is 12.2 Å². The Morgan fingerprint density at radius 3 is 2.91 bits per heavy atom. The van der Waals surface area contributed by atoms with E-state index in [1.807, 2.05) is 24.3 Å². The van der Waals surface area contributed by atoms with Crippen LogP contribution in [0.15, 0.2) is 24.3 Å². The van der Waals surface area contributed by atoms with Gasteiger partial charge in [-0.05, 0) is 24.6 Å². The summed E-state index contributed by atoms with van der Waals surface area (Å²) in [5, 5.41) is 0. The van der Waals surface area contributed by atoms with Crippen molar-refractivity contribution >= 4 is 0 Å². The van der Waals surface area contributed by atoms with Crippen LogP contribution in [0.5, 0.6) is 5.75 Å². The Labute approximate surface area is 99.3 Å². The monoisotopic (exact) mass is 194 g/mol. The van der Waals surface area contributed by atoms with Gasteiger partial charge in [-0.25, -0.2) is 0 Å². The van der Waals surface area contributed by atoms with Crippen LogP contribution in [0.25, 0.3) is 0 Å². The van der Waals surface area contributed by atoms with E-state index in [0.29, 0.717) is 6.54 Å². The van der Waals surface area contributed by atoms with E-state index in [4.69, 9.17) is 40.2 Å². The number of ether oxygens (including phenoxy) is 1. The second-order valence-corrected chi connectivity index (χ2v) is 2.35. The van der Waals surface area contributed by atoms with Crippen molar-refractivity contribution in [2.45, 2.75) is 6.42 Å². The highest BCUT2D eigenvalue weighted by molar-refractivity contribution is 5.33. The molecule has 0 aliphatic heterocycles. The maximum Gasteiger partial charge on any atom is 0.122 e. The number of hydrogen-bond donors (Lipinski definition) is 1. The quantitative estimate of drug-likeness (QED) is 0.792. The van der Waals surface area contributed by atoms with Crippen molar-refractivity contribution < 1.29 is 35.9 Å². The van der Waals surface area contributed by atoms with Crippen molar-refractivity contribution in [3.8, 4) is 5.75 Å². The fourth-order valence-corrected chi connectivity index (χ4v) is 1.07. The second kappa shape index (κ2) is 3.98. The van der Waals surface area contributed by atoms with E-state index in [2.05, 4.69) is 0 Å². The molecule has 0 spiro atoms. The molecule has 1 rings (SSSR count). The van der Waals surface area contributed by atoms with Gasteiger partial charge in [0.2, 0.25) is 0 Å². The molecular formula is C9H35NO. The Morgan fingerprint density at radius 1 is 1.55 bits per heavy atom. The maximum absolute atomic E-state index is 5.43. The van der Waals surface area contributed by atoms with Crippen LogP contribution in [0.1, 0.15) is 36.7 Å². The molecule has 0 aliphatic carbocycles. The van der Waals surface area contributed by atoms with Gasteiger partial charge in [0.25, 0.3) is 0 Å². The van der Waals surface area contributed by atoms with Crippen LogP contribution in [-0.2, 0) is 6.42 Å². The molecule has 0 saturated carbocycles. The minimum absolute atomic E-state index is 0. The third kappa shape index (κ3) is 1.95. The van der Waals surface area contributed by atoms with Crippen LogP contribution in [-0.4, -0.2) is 13.7 Å². The average molecular weight is 195 g/mol. The molecule has 0 heterocycles. The standard InChI is InChI=1S/C9H13NO.11H2/c1-11-9-5-3-2-4-8(9)6-7-10;;;;;;;;;;;/h2-5H,6-7,10H2,1H3;11*1H/i;10*1+1D;1+1. The molecule has 2 heteroatoms. The average Bonchev–Trinajstić information content (AvgIpc) is 2.96. The fraction of sp³-hybridized carbons (Fsp3) is 0.333. The van der Waals surface area contributed by atoms with Gasteiger partial charge in [0.1, 0.15) is 5.75 Å². The molecule has 0 aliphatic rings. The molecular weight excluding hydrogens is 138 g/mol. The van der Waals surface area contributed by atoms with E-state index >= 15 is 0 Å². The first kappa shape index (κ1) is 2.02. The molecule has 2 N–H and O–H groups in total. The molecule has 11 heavy (non-hydrogen) atoms. The minimum Gasteiger partial charge on any atom is -0.496 e. The normalized spacial score (nSPS) is 16.9. The van der Waals surface area contributed by atoms with Gasteiger partial charge in [-0.1, -0.05) is 18.2 Å². The zero-order valence-corrected chi connectivity index (χ0v) is 6.71. The third-order valence-corrected chi connectivity index (χ3v) is 1.61. The predicted molar refractivity (Wildman–Crippen MR) is 69.0 cm³/mol. The lowest BCUT2D eigenvalue weighted by Crippen LogP contribution is -2.03. The first-order valence-corrected chi connectivity index (χ1v) is 3.70. The van der Waals surface area contributed by atoms with Crippen LogP contribution in [0.3, 0.4) is 0 Å². The Hall–Kier alpha value is -1.02. The van der Waals surface area contributed by atoms with Crippen molar-refractivity contribution in [1.82, 2.24) is 0 Å². The summed E-state index contributed by atoms with van der Waals surface area (Å²) in [5.41, 5.74) is 6.61. The van der Waals surface area contributed by atoms with Gasteiger partial charge in [-0.3, -0.25) is 0 Å². The molecule has 1 aromatic carbocycles. The molecule has 82 valence electrons. The molecule has 0 unspecified atom stereocenters. The number of nitrogens with two attached hydrogens (primary N) is 1. The summed E-state index contributed by atoms with van der Waals surface area (Å²) in [6, 6.07) is 7.93. The summed E-state index contributed by atoms with van der Waals surface area (Å²) in [7, 11) is 1.68. The zero-order valence-electron chi connectivity index (χ0n) is 26.7. The summed E-state index contributed by atoms with van der Waals surface area (Å²) in [6.45, 7) is 0.667. The van der Waals surface area contributed by atoms with Crippen LogP contribution in [0, 0.1) is 0 Å². The Morgan fingerprint density at radius 2 is 2.27 bits per heavy atom. The van der Waals surface area contributed by atoms with Gasteiger partial charge >= 0.3 is 0 Å². The van der Waals surface area contributed by atoms with Gasteiger partial charge in [0, 0.05) is 31.1 Å². The summed E-state index contributed by atoms with van der Waals surface area (Å²) in [4.78, 5) is 0. The van der Waals surface area contributed by atoms with Crippen molar-refractivity contribution in [2.24, 2.45) is 5.73 Å². The Balaban J connectivity index is -0.0000000200. The SMILES string of the molecule is COc1ccccc1CCN.[2HH].[2H][2H].[2H][2H].[2H][2H].[2H][2H].[2H][2H].[2H][2H].[2H][2H].[2H][2H].[2H][2H].[2H][2H]. The molecule has 0 radical (unpaired) electrons. The summed E-state index contributed by atoms with van der Waals surface area (Å²) in [6.07, 6.45) is 0.879. The largest absolute Gasteiger partial charge is 0.496 e. The number of benzene rings is 1. The van der Waals surface area contributed by atoms with Gasteiger partial charge in [0.05, 0.1) is 7.11 Å². The van der Waals surface area contributed by atoms with Crippen LogP contribution < -0.4 is 10.5 Å². The Kier molecular flexibility index (Phi) is 0.730. The van der Waals surface area contributed by atoms with Crippen LogP contribution in [0.2, 0.25) is 0 Å². The number of rotatable bonds is 3. The molecule has 1 aromatic rings. The van der Waals surface area contributed by atoms with Crippen molar-refractivity contribution in [3.63, 3.8) is 0 Å². The first-order valence-electron chi connectivity index (χ1n) is 13.7. The highest BCUT2D eigenvalue weighted by Gasteiger charge is 1.97. The van der Waals surface area contributed by atoms with E-state index in [9.17, 15) is 0 Å². The van der Waals surface area contributed by atoms with Gasteiger partial charge in [0.15, 0.2) is 0 Å². The number of hydrogen-bond acceptors (Lipinski definition) is 2. The van der Waals surface area contributed by atoms with E-state index in [-0.39, 0.29) is 1.43 Å². The molecule has 2 nitrogen and oxygen atoms in total. The topological polar surface area (TPSA) is 35.2 Å². The minimum atomic E-state index is 0. The summed E-state index contributed by atoms with van der Waals surface area (Å²) in [5.74, 6) is 0.929. The molecule has 0 saturated heterocycles. The summed E-state index contributed by atoms with van der Waals surface area (Å²) >= 11 is 0. The first-order chi connectivity index (χ1) is 15.4. The molecule has 0 aromatic heterocycles. The fourth-order valence-electron chi connectivity index (χ4n) is 1.07. The lowest BCUT2D eigenvalue weighted by Gasteiger charge is -2.05. The van der Waals surface area contributed by atoms with Crippen molar-refractivity contribution in [3.05, 3.63) is 29.8 Å². The van der Waals surface area contributed by atoms with Gasteiger partial charge in [-0.2, -0.15) is 0 Å². The van der Waals surface area contributed by atoms with Gasteiger partial charge < -0.3 is 10.5 Å². The van der Waals surface area contributed by atoms with E-state index in [1.165, 1.54) is 5.56 Å². The zero-order chi connectivity index (χ0) is 28.1. The van der Waals surface area contributed by atoms with E-state index in [1.54, 1.807) is 7.11 Å². The van der Waals surface area contributed by atoms with Crippen LogP contribution >= 0.6 is 0 Å². The lowest BCUT2D eigenvalue weighted by atomic mass is 10.1. The highest BCUT2D eigenvalue weighted by Crippen LogP contribution is 2.16. The maximum atomic E-state index is 5.43. The highest BCUT2D eigenvalue weighted by atomic mass is 16.5. The number of methoxy groups -OCH3 is 1. The Bertz CT molecular complexity index is 252. The number of para-hydroxylation sites is 1. The molecule has 0 fully saturated rings. The second-order valence-electron chi connectivity index (χ2n) is 2.35.